The maximum absolute atomic E-state index is 12.4. The van der Waals surface area contributed by atoms with E-state index in [9.17, 15) is 4.79 Å². The molecule has 25 heavy (non-hydrogen) atoms. The number of amides is 1. The third-order valence-corrected chi connectivity index (χ3v) is 4.47. The van der Waals surface area contributed by atoms with Crippen molar-refractivity contribution in [3.63, 3.8) is 0 Å². The van der Waals surface area contributed by atoms with Gasteiger partial charge in [0.15, 0.2) is 0 Å². The molecule has 1 saturated carbocycles. The standard InChI is InChI=1S/C19H20N4O2/c1-25-17-10-13(6-7-15(17)11-20)12-22-19(24)16-8-9-21-18(23-16)14-4-2-3-5-14/h6-10,14H,2-5,12H2,1H3,(H,22,24). The van der Waals surface area contributed by atoms with Crippen molar-refractivity contribution >= 4 is 5.91 Å². The molecule has 3 rings (SSSR count). The van der Waals surface area contributed by atoms with Crippen LogP contribution in [0.4, 0.5) is 0 Å². The van der Waals surface area contributed by atoms with Gasteiger partial charge in [0, 0.05) is 18.7 Å². The minimum atomic E-state index is -0.232. The smallest absolute Gasteiger partial charge is 0.270 e. The van der Waals surface area contributed by atoms with Crippen LogP contribution in [-0.4, -0.2) is 23.0 Å². The molecule has 0 saturated heterocycles. The van der Waals surface area contributed by atoms with Crippen LogP contribution in [0.5, 0.6) is 5.75 Å². The highest BCUT2D eigenvalue weighted by Gasteiger charge is 2.20. The van der Waals surface area contributed by atoms with Gasteiger partial charge in [0.1, 0.15) is 23.3 Å². The molecule has 0 bridgehead atoms. The minimum absolute atomic E-state index is 0.232. The molecule has 1 N–H and O–H groups in total. The van der Waals surface area contributed by atoms with Crippen LogP contribution in [0.15, 0.2) is 30.5 Å². The molecule has 0 aliphatic heterocycles. The first-order chi connectivity index (χ1) is 12.2. The predicted molar refractivity (Wildman–Crippen MR) is 92.1 cm³/mol. The van der Waals surface area contributed by atoms with Gasteiger partial charge in [-0.3, -0.25) is 4.79 Å². The van der Waals surface area contributed by atoms with Crippen molar-refractivity contribution in [1.29, 1.82) is 5.26 Å². The average molecular weight is 336 g/mol. The fourth-order valence-electron chi connectivity index (χ4n) is 3.09. The minimum Gasteiger partial charge on any atom is -0.495 e. The Labute approximate surface area is 146 Å². The zero-order chi connectivity index (χ0) is 17.6. The SMILES string of the molecule is COc1cc(CNC(=O)c2ccnc(C3CCCC3)n2)ccc1C#N. The normalized spacial score (nSPS) is 14.1. The molecular weight excluding hydrogens is 316 g/mol. The molecule has 1 aromatic heterocycles. The number of benzene rings is 1. The summed E-state index contributed by atoms with van der Waals surface area (Å²) in [5.74, 6) is 1.41. The molecule has 1 aliphatic carbocycles. The Hall–Kier alpha value is -2.94. The van der Waals surface area contributed by atoms with Crippen molar-refractivity contribution < 1.29 is 9.53 Å². The van der Waals surface area contributed by atoms with E-state index in [-0.39, 0.29) is 5.91 Å². The summed E-state index contributed by atoms with van der Waals surface area (Å²) in [7, 11) is 1.52. The van der Waals surface area contributed by atoms with Gasteiger partial charge in [-0.1, -0.05) is 18.9 Å². The Morgan fingerprint density at radius 1 is 1.36 bits per heavy atom. The summed E-state index contributed by atoms with van der Waals surface area (Å²) in [6, 6.07) is 8.93. The molecule has 1 amide bonds. The number of rotatable bonds is 5. The Bertz CT molecular complexity index is 807. The number of nitrogens with zero attached hydrogens (tertiary/aromatic N) is 3. The number of carbonyl (C=O) groups is 1. The highest BCUT2D eigenvalue weighted by Crippen LogP contribution is 2.31. The van der Waals surface area contributed by atoms with Crippen LogP contribution < -0.4 is 10.1 Å². The van der Waals surface area contributed by atoms with Gasteiger partial charge >= 0.3 is 0 Å². The van der Waals surface area contributed by atoms with E-state index in [4.69, 9.17) is 10.00 Å². The third-order valence-electron chi connectivity index (χ3n) is 4.47. The van der Waals surface area contributed by atoms with Crippen molar-refractivity contribution in [3.05, 3.63) is 53.1 Å². The molecule has 1 fully saturated rings. The van der Waals surface area contributed by atoms with Gasteiger partial charge in [0.05, 0.1) is 12.7 Å². The van der Waals surface area contributed by atoms with Crippen LogP contribution in [0.2, 0.25) is 0 Å². The van der Waals surface area contributed by atoms with Gasteiger partial charge in [-0.05, 0) is 36.6 Å². The summed E-state index contributed by atoms with van der Waals surface area (Å²) in [4.78, 5) is 21.1. The summed E-state index contributed by atoms with van der Waals surface area (Å²) in [6.07, 6.45) is 6.24. The molecule has 0 unspecified atom stereocenters. The molecule has 0 spiro atoms. The molecule has 1 aromatic carbocycles. The van der Waals surface area contributed by atoms with Crippen LogP contribution in [-0.2, 0) is 6.54 Å². The predicted octanol–water partition coefficient (Wildman–Crippen LogP) is 2.94. The number of aromatic nitrogens is 2. The number of nitrogens with one attached hydrogen (secondary N) is 1. The molecular formula is C19H20N4O2. The quantitative estimate of drug-likeness (QED) is 0.907. The van der Waals surface area contributed by atoms with Crippen molar-refractivity contribution in [3.8, 4) is 11.8 Å². The van der Waals surface area contributed by atoms with E-state index in [1.54, 1.807) is 30.5 Å². The van der Waals surface area contributed by atoms with Crippen LogP contribution in [0.25, 0.3) is 0 Å². The maximum Gasteiger partial charge on any atom is 0.270 e. The first-order valence-corrected chi connectivity index (χ1v) is 8.39. The Morgan fingerprint density at radius 2 is 2.16 bits per heavy atom. The second-order valence-electron chi connectivity index (χ2n) is 6.11. The average Bonchev–Trinajstić information content (AvgIpc) is 3.20. The molecule has 0 atom stereocenters. The van der Waals surface area contributed by atoms with Crippen molar-refractivity contribution in [2.24, 2.45) is 0 Å². The fourth-order valence-corrected chi connectivity index (χ4v) is 3.09. The van der Waals surface area contributed by atoms with Crippen LogP contribution in [0, 0.1) is 11.3 Å². The second kappa shape index (κ2) is 7.75. The van der Waals surface area contributed by atoms with Crippen LogP contribution in [0.3, 0.4) is 0 Å². The summed E-state index contributed by atoms with van der Waals surface area (Å²) in [5.41, 5.74) is 1.71. The Balaban J connectivity index is 1.67. The Morgan fingerprint density at radius 3 is 2.88 bits per heavy atom. The van der Waals surface area contributed by atoms with Crippen molar-refractivity contribution in [2.75, 3.05) is 7.11 Å². The van der Waals surface area contributed by atoms with E-state index in [2.05, 4.69) is 21.4 Å². The number of ether oxygens (including phenoxy) is 1. The van der Waals surface area contributed by atoms with Crippen molar-refractivity contribution in [1.82, 2.24) is 15.3 Å². The lowest BCUT2D eigenvalue weighted by Crippen LogP contribution is -2.24. The monoisotopic (exact) mass is 336 g/mol. The zero-order valence-corrected chi connectivity index (χ0v) is 14.2. The third kappa shape index (κ3) is 3.94. The van der Waals surface area contributed by atoms with Gasteiger partial charge in [-0.2, -0.15) is 5.26 Å². The lowest BCUT2D eigenvalue weighted by atomic mass is 10.1. The molecule has 6 nitrogen and oxygen atoms in total. The number of methoxy groups -OCH3 is 1. The second-order valence-corrected chi connectivity index (χ2v) is 6.11. The molecule has 2 aromatic rings. The highest BCUT2D eigenvalue weighted by atomic mass is 16.5. The van der Waals surface area contributed by atoms with Gasteiger partial charge in [-0.15, -0.1) is 0 Å². The largest absolute Gasteiger partial charge is 0.495 e. The Kier molecular flexibility index (Phi) is 5.24. The number of hydrogen-bond donors (Lipinski definition) is 1. The number of hydrogen-bond acceptors (Lipinski definition) is 5. The van der Waals surface area contributed by atoms with E-state index < -0.39 is 0 Å². The first kappa shape index (κ1) is 16.9. The van der Waals surface area contributed by atoms with E-state index in [1.807, 2.05) is 0 Å². The van der Waals surface area contributed by atoms with Gasteiger partial charge in [-0.25, -0.2) is 9.97 Å². The van der Waals surface area contributed by atoms with E-state index in [0.717, 1.165) is 24.2 Å². The maximum atomic E-state index is 12.4. The summed E-state index contributed by atoms with van der Waals surface area (Å²) in [5, 5.41) is 11.9. The summed E-state index contributed by atoms with van der Waals surface area (Å²) in [6.45, 7) is 0.337. The lowest BCUT2D eigenvalue weighted by molar-refractivity contribution is 0.0945. The summed E-state index contributed by atoms with van der Waals surface area (Å²) < 4.78 is 5.19. The highest BCUT2D eigenvalue weighted by molar-refractivity contribution is 5.92. The topological polar surface area (TPSA) is 87.9 Å². The lowest BCUT2D eigenvalue weighted by Gasteiger charge is -2.10. The molecule has 1 aliphatic rings. The molecule has 0 radical (unpaired) electrons. The molecule has 6 heteroatoms. The number of nitriles is 1. The van der Waals surface area contributed by atoms with Crippen LogP contribution >= 0.6 is 0 Å². The van der Waals surface area contributed by atoms with Gasteiger partial charge < -0.3 is 10.1 Å². The van der Waals surface area contributed by atoms with E-state index in [1.165, 1.54) is 20.0 Å². The van der Waals surface area contributed by atoms with Gasteiger partial charge in [0.25, 0.3) is 5.91 Å². The number of carbonyl (C=O) groups excluding carboxylic acids is 1. The van der Waals surface area contributed by atoms with Crippen molar-refractivity contribution in [2.45, 2.75) is 38.1 Å². The first-order valence-electron chi connectivity index (χ1n) is 8.39. The van der Waals surface area contributed by atoms with Crippen LogP contribution in [0.1, 0.15) is 59.0 Å². The fraction of sp³-hybridized carbons (Fsp3) is 0.368. The molecule has 128 valence electrons. The molecule has 1 heterocycles. The van der Waals surface area contributed by atoms with E-state index in [0.29, 0.717) is 29.5 Å². The van der Waals surface area contributed by atoms with E-state index >= 15 is 0 Å². The zero-order valence-electron chi connectivity index (χ0n) is 14.2. The summed E-state index contributed by atoms with van der Waals surface area (Å²) >= 11 is 0. The van der Waals surface area contributed by atoms with Gasteiger partial charge in [0.2, 0.25) is 0 Å².